The molecule has 0 atom stereocenters. The van der Waals surface area contributed by atoms with Gasteiger partial charge in [0, 0.05) is 12.1 Å². The zero-order valence-corrected chi connectivity index (χ0v) is 12.3. The Morgan fingerprint density at radius 3 is 2.32 bits per heavy atom. The zero-order valence-electron chi connectivity index (χ0n) is 12.3. The van der Waals surface area contributed by atoms with Crippen molar-refractivity contribution in [2.24, 2.45) is 22.5 Å². The van der Waals surface area contributed by atoms with E-state index in [-0.39, 0.29) is 5.91 Å². The first-order valence-electron chi connectivity index (χ1n) is 6.87. The number of rotatable bonds is 5. The predicted molar refractivity (Wildman–Crippen MR) is 77.7 cm³/mol. The van der Waals surface area contributed by atoms with Crippen molar-refractivity contribution >= 4 is 5.91 Å². The number of benzene rings is 1. The summed E-state index contributed by atoms with van der Waals surface area (Å²) in [6.45, 7) is 10.9. The van der Waals surface area contributed by atoms with E-state index in [0.717, 1.165) is 12.1 Å². The zero-order chi connectivity index (χ0) is 14.3. The number of amides is 1. The molecule has 1 aromatic rings. The van der Waals surface area contributed by atoms with Crippen molar-refractivity contribution in [3.05, 3.63) is 35.4 Å². The molecule has 3 heteroatoms. The van der Waals surface area contributed by atoms with Gasteiger partial charge < -0.3 is 11.1 Å². The van der Waals surface area contributed by atoms with E-state index in [4.69, 9.17) is 5.73 Å². The van der Waals surface area contributed by atoms with Gasteiger partial charge in [-0.3, -0.25) is 4.79 Å². The maximum atomic E-state index is 11.3. The molecule has 1 aromatic carbocycles. The molecule has 1 fully saturated rings. The summed E-state index contributed by atoms with van der Waals surface area (Å²) in [5, 5.41) is 3.46. The molecule has 0 saturated heterocycles. The Labute approximate surface area is 115 Å². The molecular formula is C16H24N2O. The second-order valence-corrected chi connectivity index (χ2v) is 6.65. The van der Waals surface area contributed by atoms with Crippen LogP contribution in [0.25, 0.3) is 0 Å². The molecule has 2 rings (SSSR count). The fourth-order valence-electron chi connectivity index (χ4n) is 3.11. The van der Waals surface area contributed by atoms with Crippen LogP contribution < -0.4 is 11.1 Å². The van der Waals surface area contributed by atoms with E-state index in [0.29, 0.717) is 28.9 Å². The van der Waals surface area contributed by atoms with E-state index < -0.39 is 0 Å². The van der Waals surface area contributed by atoms with Crippen LogP contribution in [0.1, 0.15) is 43.6 Å². The average molecular weight is 260 g/mol. The van der Waals surface area contributed by atoms with Gasteiger partial charge in [0.2, 0.25) is 5.91 Å². The standard InChI is InChI=1S/C16H24N2O/c1-15(2)13(16(15,3)4)10-18-9-11-7-5-6-8-12(11)14(17)19/h5-8,13,18H,9-10H2,1-4H3,(H2,17,19). The van der Waals surface area contributed by atoms with Gasteiger partial charge in [0.1, 0.15) is 0 Å². The molecule has 0 aliphatic heterocycles. The lowest BCUT2D eigenvalue weighted by Crippen LogP contribution is -2.22. The van der Waals surface area contributed by atoms with Gasteiger partial charge in [0.25, 0.3) is 0 Å². The van der Waals surface area contributed by atoms with Crippen LogP contribution in [0.15, 0.2) is 24.3 Å². The third-order valence-electron chi connectivity index (χ3n) is 5.27. The lowest BCUT2D eigenvalue weighted by atomic mass is 10.0. The Bertz CT molecular complexity index is 477. The van der Waals surface area contributed by atoms with E-state index in [1.165, 1.54) is 0 Å². The third-order valence-corrected chi connectivity index (χ3v) is 5.27. The smallest absolute Gasteiger partial charge is 0.249 e. The lowest BCUT2D eigenvalue weighted by molar-refractivity contribution is 0.0999. The normalized spacial score (nSPS) is 20.2. The molecule has 0 radical (unpaired) electrons. The molecular weight excluding hydrogens is 236 g/mol. The van der Waals surface area contributed by atoms with E-state index in [2.05, 4.69) is 33.0 Å². The Hall–Kier alpha value is -1.35. The molecule has 1 amide bonds. The minimum absolute atomic E-state index is 0.357. The Morgan fingerprint density at radius 2 is 1.79 bits per heavy atom. The maximum absolute atomic E-state index is 11.3. The highest BCUT2D eigenvalue weighted by atomic mass is 16.1. The van der Waals surface area contributed by atoms with Crippen molar-refractivity contribution in [2.45, 2.75) is 34.2 Å². The van der Waals surface area contributed by atoms with Crippen molar-refractivity contribution < 1.29 is 4.79 Å². The monoisotopic (exact) mass is 260 g/mol. The van der Waals surface area contributed by atoms with Crippen LogP contribution in [0.5, 0.6) is 0 Å². The van der Waals surface area contributed by atoms with Crippen molar-refractivity contribution in [1.29, 1.82) is 0 Å². The number of primary amides is 1. The summed E-state index contributed by atoms with van der Waals surface area (Å²) in [6, 6.07) is 7.52. The second-order valence-electron chi connectivity index (χ2n) is 6.65. The van der Waals surface area contributed by atoms with Gasteiger partial charge in [-0.05, 0) is 34.9 Å². The van der Waals surface area contributed by atoms with Crippen LogP contribution in [0.2, 0.25) is 0 Å². The molecule has 3 N–H and O–H groups in total. The van der Waals surface area contributed by atoms with Gasteiger partial charge in [0.05, 0.1) is 0 Å². The summed E-state index contributed by atoms with van der Waals surface area (Å²) in [5.41, 5.74) is 7.76. The van der Waals surface area contributed by atoms with Crippen molar-refractivity contribution in [1.82, 2.24) is 5.32 Å². The molecule has 0 bridgehead atoms. The Morgan fingerprint density at radius 1 is 1.21 bits per heavy atom. The first-order chi connectivity index (χ1) is 8.78. The summed E-state index contributed by atoms with van der Waals surface area (Å²) in [4.78, 5) is 11.3. The van der Waals surface area contributed by atoms with Crippen LogP contribution >= 0.6 is 0 Å². The SMILES string of the molecule is CC1(C)C(CNCc2ccccc2C(N)=O)C1(C)C. The van der Waals surface area contributed by atoms with Crippen molar-refractivity contribution in [3.63, 3.8) is 0 Å². The molecule has 0 aromatic heterocycles. The van der Waals surface area contributed by atoms with E-state index in [9.17, 15) is 4.79 Å². The molecule has 0 unspecified atom stereocenters. The summed E-state index contributed by atoms with van der Waals surface area (Å²) in [7, 11) is 0. The Kier molecular flexibility index (Phi) is 3.43. The lowest BCUT2D eigenvalue weighted by Gasteiger charge is -2.09. The molecule has 0 heterocycles. The fraction of sp³-hybridized carbons (Fsp3) is 0.562. The van der Waals surface area contributed by atoms with Crippen LogP contribution in [-0.2, 0) is 6.54 Å². The molecule has 1 aliphatic carbocycles. The van der Waals surface area contributed by atoms with Crippen molar-refractivity contribution in [2.75, 3.05) is 6.54 Å². The van der Waals surface area contributed by atoms with Crippen LogP contribution in [0.4, 0.5) is 0 Å². The molecule has 1 aliphatic rings. The van der Waals surface area contributed by atoms with Crippen LogP contribution in [0.3, 0.4) is 0 Å². The van der Waals surface area contributed by atoms with Crippen molar-refractivity contribution in [3.8, 4) is 0 Å². The van der Waals surface area contributed by atoms with Gasteiger partial charge in [-0.1, -0.05) is 45.9 Å². The van der Waals surface area contributed by atoms with Gasteiger partial charge in [-0.15, -0.1) is 0 Å². The first kappa shape index (κ1) is 14.1. The van der Waals surface area contributed by atoms with E-state index in [1.807, 2.05) is 18.2 Å². The summed E-state index contributed by atoms with van der Waals surface area (Å²) < 4.78 is 0. The fourth-order valence-corrected chi connectivity index (χ4v) is 3.11. The second kappa shape index (κ2) is 4.64. The third kappa shape index (κ3) is 2.39. The number of carbonyl (C=O) groups excluding carboxylic acids is 1. The first-order valence-corrected chi connectivity index (χ1v) is 6.87. The number of hydrogen-bond donors (Lipinski definition) is 2. The highest BCUT2D eigenvalue weighted by Crippen LogP contribution is 2.67. The summed E-state index contributed by atoms with van der Waals surface area (Å²) in [5.74, 6) is 0.324. The molecule has 104 valence electrons. The molecule has 3 nitrogen and oxygen atoms in total. The highest BCUT2D eigenvalue weighted by Gasteiger charge is 2.63. The predicted octanol–water partition coefficient (Wildman–Crippen LogP) is 2.56. The van der Waals surface area contributed by atoms with E-state index >= 15 is 0 Å². The number of hydrogen-bond acceptors (Lipinski definition) is 2. The van der Waals surface area contributed by atoms with Gasteiger partial charge in [0.15, 0.2) is 0 Å². The summed E-state index contributed by atoms with van der Waals surface area (Å²) in [6.07, 6.45) is 0. The minimum Gasteiger partial charge on any atom is -0.366 e. The number of nitrogens with one attached hydrogen (secondary N) is 1. The largest absolute Gasteiger partial charge is 0.366 e. The average Bonchev–Trinajstić information content (AvgIpc) is 2.71. The minimum atomic E-state index is -0.357. The topological polar surface area (TPSA) is 55.1 Å². The quantitative estimate of drug-likeness (QED) is 0.855. The molecule has 19 heavy (non-hydrogen) atoms. The van der Waals surface area contributed by atoms with Gasteiger partial charge >= 0.3 is 0 Å². The Balaban J connectivity index is 1.93. The van der Waals surface area contributed by atoms with E-state index in [1.54, 1.807) is 6.07 Å². The highest BCUT2D eigenvalue weighted by molar-refractivity contribution is 5.94. The van der Waals surface area contributed by atoms with Crippen LogP contribution in [-0.4, -0.2) is 12.5 Å². The van der Waals surface area contributed by atoms with Gasteiger partial charge in [-0.25, -0.2) is 0 Å². The summed E-state index contributed by atoms with van der Waals surface area (Å²) >= 11 is 0. The van der Waals surface area contributed by atoms with Crippen LogP contribution in [0, 0.1) is 16.7 Å². The van der Waals surface area contributed by atoms with Gasteiger partial charge in [-0.2, -0.15) is 0 Å². The molecule has 1 saturated carbocycles. The number of nitrogens with two attached hydrogens (primary N) is 1. The number of carbonyl (C=O) groups is 1. The molecule has 0 spiro atoms. The maximum Gasteiger partial charge on any atom is 0.249 e.